The van der Waals surface area contributed by atoms with Crippen LogP contribution < -0.4 is 10.9 Å². The highest BCUT2D eigenvalue weighted by molar-refractivity contribution is 5.82. The topological polar surface area (TPSA) is 98.7 Å². The molecule has 1 aliphatic heterocycles. The molecule has 0 radical (unpaired) electrons. The SMILES string of the molecule is CCCC1(C(=O)O)CCN(CC(=O)NNC(C)=O)CC1. The van der Waals surface area contributed by atoms with Gasteiger partial charge in [0.2, 0.25) is 5.91 Å². The predicted molar refractivity (Wildman–Crippen MR) is 72.6 cm³/mol. The van der Waals surface area contributed by atoms with Gasteiger partial charge < -0.3 is 5.11 Å². The second-order valence-corrected chi connectivity index (χ2v) is 5.34. The van der Waals surface area contributed by atoms with Crippen molar-refractivity contribution in [1.29, 1.82) is 0 Å². The molecule has 7 heteroatoms. The maximum atomic E-state index is 11.6. The Morgan fingerprint density at radius 2 is 1.80 bits per heavy atom. The summed E-state index contributed by atoms with van der Waals surface area (Å²) in [5.74, 6) is -1.36. The van der Waals surface area contributed by atoms with E-state index in [-0.39, 0.29) is 18.4 Å². The summed E-state index contributed by atoms with van der Waals surface area (Å²) in [6.45, 7) is 4.63. The van der Waals surface area contributed by atoms with E-state index in [1.54, 1.807) is 0 Å². The van der Waals surface area contributed by atoms with E-state index >= 15 is 0 Å². The average Bonchev–Trinajstić information content (AvgIpc) is 2.39. The van der Waals surface area contributed by atoms with E-state index in [0.29, 0.717) is 32.4 Å². The normalized spacial score (nSPS) is 18.3. The number of hydrazine groups is 1. The molecule has 0 bridgehead atoms. The summed E-state index contributed by atoms with van der Waals surface area (Å²) in [6.07, 6.45) is 2.64. The summed E-state index contributed by atoms with van der Waals surface area (Å²) in [5, 5.41) is 9.39. The van der Waals surface area contributed by atoms with Crippen LogP contribution in [0.3, 0.4) is 0 Å². The fourth-order valence-electron chi connectivity index (χ4n) is 2.59. The van der Waals surface area contributed by atoms with Gasteiger partial charge in [0.05, 0.1) is 12.0 Å². The molecule has 0 aromatic carbocycles. The molecule has 0 aromatic heterocycles. The summed E-state index contributed by atoms with van der Waals surface area (Å²) in [7, 11) is 0. The Bertz CT molecular complexity index is 376. The number of piperidine rings is 1. The lowest BCUT2D eigenvalue weighted by atomic mass is 9.75. The minimum atomic E-state index is -0.735. The van der Waals surface area contributed by atoms with Gasteiger partial charge in [0.1, 0.15) is 0 Å². The van der Waals surface area contributed by atoms with Crippen LogP contribution in [0, 0.1) is 5.41 Å². The monoisotopic (exact) mass is 285 g/mol. The van der Waals surface area contributed by atoms with Crippen LogP contribution in [0.1, 0.15) is 39.5 Å². The van der Waals surface area contributed by atoms with E-state index in [2.05, 4.69) is 10.9 Å². The molecule has 0 saturated carbocycles. The molecule has 1 heterocycles. The van der Waals surface area contributed by atoms with Crippen LogP contribution in [0.4, 0.5) is 0 Å². The Hall–Kier alpha value is -1.63. The van der Waals surface area contributed by atoms with Crippen LogP contribution >= 0.6 is 0 Å². The number of rotatable bonds is 5. The third-order valence-corrected chi connectivity index (χ3v) is 3.74. The van der Waals surface area contributed by atoms with Crippen molar-refractivity contribution in [2.75, 3.05) is 19.6 Å². The van der Waals surface area contributed by atoms with Crippen LogP contribution in [-0.4, -0.2) is 47.4 Å². The minimum absolute atomic E-state index is 0.169. The third-order valence-electron chi connectivity index (χ3n) is 3.74. The number of nitrogens with zero attached hydrogens (tertiary/aromatic N) is 1. The van der Waals surface area contributed by atoms with Crippen molar-refractivity contribution in [2.45, 2.75) is 39.5 Å². The molecular formula is C13H23N3O4. The zero-order valence-corrected chi connectivity index (χ0v) is 12.1. The number of carbonyl (C=O) groups is 3. The van der Waals surface area contributed by atoms with Crippen molar-refractivity contribution in [1.82, 2.24) is 15.8 Å². The third kappa shape index (κ3) is 4.48. The highest BCUT2D eigenvalue weighted by atomic mass is 16.4. The van der Waals surface area contributed by atoms with E-state index < -0.39 is 11.4 Å². The molecule has 20 heavy (non-hydrogen) atoms. The quantitative estimate of drug-likeness (QED) is 0.623. The molecule has 1 rings (SSSR count). The molecule has 3 N–H and O–H groups in total. The van der Waals surface area contributed by atoms with Gasteiger partial charge in [0, 0.05) is 6.92 Å². The summed E-state index contributed by atoms with van der Waals surface area (Å²) < 4.78 is 0. The maximum Gasteiger partial charge on any atom is 0.309 e. The molecule has 1 saturated heterocycles. The molecule has 0 aliphatic carbocycles. The molecule has 7 nitrogen and oxygen atoms in total. The fraction of sp³-hybridized carbons (Fsp3) is 0.769. The van der Waals surface area contributed by atoms with Crippen LogP contribution in [0.5, 0.6) is 0 Å². The van der Waals surface area contributed by atoms with Crippen LogP contribution in [0.2, 0.25) is 0 Å². The molecule has 0 aromatic rings. The van der Waals surface area contributed by atoms with Crippen molar-refractivity contribution in [3.05, 3.63) is 0 Å². The molecule has 0 unspecified atom stereocenters. The summed E-state index contributed by atoms with van der Waals surface area (Å²) in [5.41, 5.74) is 3.89. The van der Waals surface area contributed by atoms with E-state index in [0.717, 1.165) is 6.42 Å². The summed E-state index contributed by atoms with van der Waals surface area (Å²) >= 11 is 0. The van der Waals surface area contributed by atoms with Crippen molar-refractivity contribution >= 4 is 17.8 Å². The van der Waals surface area contributed by atoms with Crippen molar-refractivity contribution in [2.24, 2.45) is 5.41 Å². The van der Waals surface area contributed by atoms with Gasteiger partial charge in [-0.1, -0.05) is 13.3 Å². The smallest absolute Gasteiger partial charge is 0.309 e. The van der Waals surface area contributed by atoms with Gasteiger partial charge in [-0.15, -0.1) is 0 Å². The number of hydrogen-bond donors (Lipinski definition) is 3. The standard InChI is InChI=1S/C13H23N3O4/c1-3-4-13(12(19)20)5-7-16(8-6-13)9-11(18)15-14-10(2)17/h3-9H2,1-2H3,(H,14,17)(H,15,18)(H,19,20). The number of carboxylic acid groups (broad SMARTS) is 1. The minimum Gasteiger partial charge on any atom is -0.481 e. The predicted octanol–water partition coefficient (Wildman–Crippen LogP) is 0.121. The molecule has 1 aliphatic rings. The lowest BCUT2D eigenvalue weighted by Gasteiger charge is -2.38. The molecule has 0 atom stereocenters. The van der Waals surface area contributed by atoms with Crippen molar-refractivity contribution in [3.8, 4) is 0 Å². The first kappa shape index (κ1) is 16.4. The Kier molecular flexibility index (Phi) is 5.94. The summed E-state index contributed by atoms with van der Waals surface area (Å²) in [4.78, 5) is 35.6. The zero-order chi connectivity index (χ0) is 15.2. The van der Waals surface area contributed by atoms with Gasteiger partial charge in [0.25, 0.3) is 5.91 Å². The van der Waals surface area contributed by atoms with Gasteiger partial charge in [-0.25, -0.2) is 0 Å². The number of carbonyl (C=O) groups excluding carboxylic acids is 2. The Morgan fingerprint density at radius 1 is 1.20 bits per heavy atom. The first-order chi connectivity index (χ1) is 9.39. The van der Waals surface area contributed by atoms with E-state index in [1.807, 2.05) is 11.8 Å². The Balaban J connectivity index is 2.43. The molecular weight excluding hydrogens is 262 g/mol. The highest BCUT2D eigenvalue weighted by Gasteiger charge is 2.40. The Morgan fingerprint density at radius 3 is 2.25 bits per heavy atom. The van der Waals surface area contributed by atoms with E-state index in [9.17, 15) is 19.5 Å². The van der Waals surface area contributed by atoms with Gasteiger partial charge in [-0.05, 0) is 32.4 Å². The number of likely N-dealkylation sites (tertiary alicyclic amines) is 1. The van der Waals surface area contributed by atoms with Gasteiger partial charge in [-0.2, -0.15) is 0 Å². The largest absolute Gasteiger partial charge is 0.481 e. The molecule has 114 valence electrons. The fourth-order valence-corrected chi connectivity index (χ4v) is 2.59. The molecule has 2 amide bonds. The summed E-state index contributed by atoms with van der Waals surface area (Å²) in [6, 6.07) is 0. The number of amides is 2. The number of hydrogen-bond acceptors (Lipinski definition) is 4. The van der Waals surface area contributed by atoms with Gasteiger partial charge in [0.15, 0.2) is 0 Å². The number of aliphatic carboxylic acids is 1. The van der Waals surface area contributed by atoms with Crippen molar-refractivity contribution in [3.63, 3.8) is 0 Å². The first-order valence-electron chi connectivity index (χ1n) is 6.91. The second-order valence-electron chi connectivity index (χ2n) is 5.34. The van der Waals surface area contributed by atoms with Crippen molar-refractivity contribution < 1.29 is 19.5 Å². The van der Waals surface area contributed by atoms with E-state index in [4.69, 9.17) is 0 Å². The van der Waals surface area contributed by atoms with Crippen LogP contribution in [0.25, 0.3) is 0 Å². The van der Waals surface area contributed by atoms with Crippen LogP contribution in [-0.2, 0) is 14.4 Å². The molecule has 0 spiro atoms. The highest BCUT2D eigenvalue weighted by Crippen LogP contribution is 2.36. The van der Waals surface area contributed by atoms with Crippen LogP contribution in [0.15, 0.2) is 0 Å². The maximum absolute atomic E-state index is 11.6. The lowest BCUT2D eigenvalue weighted by Crippen LogP contribution is -2.50. The zero-order valence-electron chi connectivity index (χ0n) is 12.1. The average molecular weight is 285 g/mol. The second kappa shape index (κ2) is 7.23. The number of nitrogens with one attached hydrogen (secondary N) is 2. The number of carboxylic acids is 1. The first-order valence-corrected chi connectivity index (χ1v) is 6.91. The van der Waals surface area contributed by atoms with E-state index in [1.165, 1.54) is 6.92 Å². The van der Waals surface area contributed by atoms with Gasteiger partial charge >= 0.3 is 5.97 Å². The Labute approximate surface area is 118 Å². The lowest BCUT2D eigenvalue weighted by molar-refractivity contribution is -0.152. The van der Waals surface area contributed by atoms with Gasteiger partial charge in [-0.3, -0.25) is 30.1 Å². The molecule has 1 fully saturated rings.